The van der Waals surface area contributed by atoms with E-state index in [0.717, 1.165) is 5.56 Å². The highest BCUT2D eigenvalue weighted by Gasteiger charge is 2.20. The first-order chi connectivity index (χ1) is 9.59. The SMILES string of the molecule is CC(Cc1ccccc1[N+](=O)[O-])C(O)c1ccccc1. The standard InChI is InChI=1S/C16H17NO3/c1-12(16(18)13-7-3-2-4-8-13)11-14-9-5-6-10-15(14)17(19)20/h2-10,12,16,18H,11H2,1H3. The molecule has 4 heteroatoms. The van der Waals surface area contributed by atoms with Crippen molar-refractivity contribution in [2.75, 3.05) is 0 Å². The van der Waals surface area contributed by atoms with Gasteiger partial charge in [0.1, 0.15) is 0 Å². The Kier molecular flexibility index (Phi) is 4.48. The van der Waals surface area contributed by atoms with Crippen LogP contribution in [0.15, 0.2) is 54.6 Å². The molecule has 0 saturated heterocycles. The normalized spacial score (nSPS) is 13.7. The second-order valence-electron chi connectivity index (χ2n) is 4.92. The minimum atomic E-state index is -0.629. The summed E-state index contributed by atoms with van der Waals surface area (Å²) in [6.07, 6.45) is -0.163. The molecule has 0 radical (unpaired) electrons. The van der Waals surface area contributed by atoms with E-state index in [1.807, 2.05) is 37.3 Å². The molecule has 4 nitrogen and oxygen atoms in total. The van der Waals surface area contributed by atoms with Crippen molar-refractivity contribution < 1.29 is 10.0 Å². The number of aliphatic hydroxyl groups is 1. The fourth-order valence-corrected chi connectivity index (χ4v) is 2.30. The van der Waals surface area contributed by atoms with Gasteiger partial charge in [0.25, 0.3) is 5.69 Å². The number of benzene rings is 2. The summed E-state index contributed by atoms with van der Waals surface area (Å²) in [6.45, 7) is 1.90. The Morgan fingerprint density at radius 1 is 1.10 bits per heavy atom. The maximum Gasteiger partial charge on any atom is 0.272 e. The summed E-state index contributed by atoms with van der Waals surface area (Å²) in [7, 11) is 0. The summed E-state index contributed by atoms with van der Waals surface area (Å²) < 4.78 is 0. The molecule has 0 aliphatic carbocycles. The summed E-state index contributed by atoms with van der Waals surface area (Å²) in [5, 5.41) is 21.3. The van der Waals surface area contributed by atoms with E-state index >= 15 is 0 Å². The molecule has 2 atom stereocenters. The van der Waals surface area contributed by atoms with E-state index in [2.05, 4.69) is 0 Å². The van der Waals surface area contributed by atoms with Gasteiger partial charge in [0, 0.05) is 11.6 Å². The van der Waals surface area contributed by atoms with Crippen LogP contribution in [-0.4, -0.2) is 10.0 Å². The largest absolute Gasteiger partial charge is 0.388 e. The summed E-state index contributed by atoms with van der Waals surface area (Å²) in [6, 6.07) is 16.0. The van der Waals surface area contributed by atoms with Crippen molar-refractivity contribution in [3.8, 4) is 0 Å². The molecule has 0 bridgehead atoms. The smallest absolute Gasteiger partial charge is 0.272 e. The zero-order chi connectivity index (χ0) is 14.5. The Balaban J connectivity index is 2.16. The minimum absolute atomic E-state index is 0.0986. The molecule has 0 saturated carbocycles. The number of hydrogen-bond acceptors (Lipinski definition) is 3. The fraction of sp³-hybridized carbons (Fsp3) is 0.250. The van der Waals surface area contributed by atoms with E-state index in [9.17, 15) is 15.2 Å². The number of nitro groups is 1. The van der Waals surface area contributed by atoms with Crippen molar-refractivity contribution in [3.63, 3.8) is 0 Å². The minimum Gasteiger partial charge on any atom is -0.388 e. The number of aliphatic hydroxyl groups excluding tert-OH is 1. The highest BCUT2D eigenvalue weighted by atomic mass is 16.6. The zero-order valence-corrected chi connectivity index (χ0v) is 11.3. The van der Waals surface area contributed by atoms with Crippen molar-refractivity contribution in [3.05, 3.63) is 75.8 Å². The molecular weight excluding hydrogens is 254 g/mol. The van der Waals surface area contributed by atoms with Crippen molar-refractivity contribution in [2.24, 2.45) is 5.92 Å². The maximum absolute atomic E-state index is 11.0. The van der Waals surface area contributed by atoms with Crippen LogP contribution >= 0.6 is 0 Å². The van der Waals surface area contributed by atoms with Gasteiger partial charge in [-0.1, -0.05) is 55.5 Å². The lowest BCUT2D eigenvalue weighted by Gasteiger charge is -2.19. The van der Waals surface area contributed by atoms with Gasteiger partial charge in [-0.3, -0.25) is 10.1 Å². The van der Waals surface area contributed by atoms with Crippen LogP contribution in [-0.2, 0) is 6.42 Å². The van der Waals surface area contributed by atoms with Crippen molar-refractivity contribution >= 4 is 5.69 Å². The first kappa shape index (κ1) is 14.2. The molecule has 0 aromatic heterocycles. The predicted octanol–water partition coefficient (Wildman–Crippen LogP) is 3.51. The van der Waals surface area contributed by atoms with Crippen molar-refractivity contribution in [1.29, 1.82) is 0 Å². The molecule has 0 spiro atoms. The van der Waals surface area contributed by atoms with Gasteiger partial charge in [-0.25, -0.2) is 0 Å². The molecule has 2 rings (SSSR count). The second kappa shape index (κ2) is 6.30. The molecule has 2 unspecified atom stereocenters. The molecule has 0 heterocycles. The molecule has 1 N–H and O–H groups in total. The van der Waals surface area contributed by atoms with Gasteiger partial charge in [0.15, 0.2) is 0 Å². The van der Waals surface area contributed by atoms with Crippen LogP contribution in [0.5, 0.6) is 0 Å². The Bertz CT molecular complexity index is 583. The second-order valence-corrected chi connectivity index (χ2v) is 4.92. The van der Waals surface area contributed by atoms with Crippen LogP contribution in [0.2, 0.25) is 0 Å². The highest BCUT2D eigenvalue weighted by Crippen LogP contribution is 2.28. The Morgan fingerprint density at radius 3 is 2.35 bits per heavy atom. The predicted molar refractivity (Wildman–Crippen MR) is 77.4 cm³/mol. The molecule has 2 aromatic carbocycles. The quantitative estimate of drug-likeness (QED) is 0.668. The van der Waals surface area contributed by atoms with E-state index in [-0.39, 0.29) is 16.5 Å². The topological polar surface area (TPSA) is 63.4 Å². The molecule has 0 fully saturated rings. The molecule has 0 amide bonds. The first-order valence-electron chi connectivity index (χ1n) is 6.55. The third-order valence-corrected chi connectivity index (χ3v) is 3.41. The van der Waals surface area contributed by atoms with Gasteiger partial charge >= 0.3 is 0 Å². The lowest BCUT2D eigenvalue weighted by atomic mass is 9.91. The van der Waals surface area contributed by atoms with Crippen LogP contribution < -0.4 is 0 Å². The lowest BCUT2D eigenvalue weighted by Crippen LogP contribution is -2.12. The number of para-hydroxylation sites is 1. The number of nitro benzene ring substituents is 1. The van der Waals surface area contributed by atoms with E-state index in [1.165, 1.54) is 6.07 Å². The summed E-state index contributed by atoms with van der Waals surface area (Å²) >= 11 is 0. The summed E-state index contributed by atoms with van der Waals surface area (Å²) in [5.74, 6) is -0.0986. The number of rotatable bonds is 5. The fourth-order valence-electron chi connectivity index (χ4n) is 2.30. The van der Waals surface area contributed by atoms with Crippen LogP contribution in [0.3, 0.4) is 0 Å². The molecule has 104 valence electrons. The van der Waals surface area contributed by atoms with E-state index in [1.54, 1.807) is 18.2 Å². The Labute approximate surface area is 117 Å². The summed E-state index contributed by atoms with van der Waals surface area (Å²) in [4.78, 5) is 10.6. The molecule has 0 aliphatic heterocycles. The van der Waals surface area contributed by atoms with Gasteiger partial charge in [-0.2, -0.15) is 0 Å². The molecular formula is C16H17NO3. The van der Waals surface area contributed by atoms with Crippen LogP contribution in [0.1, 0.15) is 24.2 Å². The van der Waals surface area contributed by atoms with Crippen LogP contribution in [0.25, 0.3) is 0 Å². The van der Waals surface area contributed by atoms with E-state index < -0.39 is 6.10 Å². The number of nitrogens with zero attached hydrogens (tertiary/aromatic N) is 1. The van der Waals surface area contributed by atoms with E-state index in [4.69, 9.17) is 0 Å². The zero-order valence-electron chi connectivity index (χ0n) is 11.3. The number of hydrogen-bond donors (Lipinski definition) is 1. The van der Waals surface area contributed by atoms with Crippen molar-refractivity contribution in [1.82, 2.24) is 0 Å². The highest BCUT2D eigenvalue weighted by molar-refractivity contribution is 5.40. The Morgan fingerprint density at radius 2 is 1.70 bits per heavy atom. The summed E-state index contributed by atoms with van der Waals surface area (Å²) in [5.41, 5.74) is 1.60. The van der Waals surface area contributed by atoms with Crippen LogP contribution in [0, 0.1) is 16.0 Å². The van der Waals surface area contributed by atoms with Gasteiger partial charge in [-0.05, 0) is 17.9 Å². The molecule has 0 aliphatic rings. The van der Waals surface area contributed by atoms with Crippen LogP contribution in [0.4, 0.5) is 5.69 Å². The third kappa shape index (κ3) is 3.22. The monoisotopic (exact) mass is 271 g/mol. The maximum atomic E-state index is 11.0. The Hall–Kier alpha value is -2.20. The van der Waals surface area contributed by atoms with Crippen molar-refractivity contribution in [2.45, 2.75) is 19.4 Å². The van der Waals surface area contributed by atoms with Gasteiger partial charge in [-0.15, -0.1) is 0 Å². The van der Waals surface area contributed by atoms with E-state index in [0.29, 0.717) is 12.0 Å². The van der Waals surface area contributed by atoms with Gasteiger partial charge in [0.2, 0.25) is 0 Å². The molecule has 2 aromatic rings. The first-order valence-corrected chi connectivity index (χ1v) is 6.55. The molecule has 20 heavy (non-hydrogen) atoms. The van der Waals surface area contributed by atoms with Gasteiger partial charge in [0.05, 0.1) is 11.0 Å². The third-order valence-electron chi connectivity index (χ3n) is 3.41. The lowest BCUT2D eigenvalue weighted by molar-refractivity contribution is -0.385. The average molecular weight is 271 g/mol. The van der Waals surface area contributed by atoms with Gasteiger partial charge < -0.3 is 5.11 Å². The average Bonchev–Trinajstić information content (AvgIpc) is 2.47.